The molecule has 1 heterocycles. The summed E-state index contributed by atoms with van der Waals surface area (Å²) in [6.45, 7) is 13.3. The molecule has 1 aliphatic rings. The smallest absolute Gasteiger partial charge is 0.240 e. The maximum absolute atomic E-state index is 12.7. The van der Waals surface area contributed by atoms with Gasteiger partial charge >= 0.3 is 0 Å². The van der Waals surface area contributed by atoms with Crippen molar-refractivity contribution < 1.29 is 14.4 Å². The SMILES string of the molecule is CCN(CC(=O)NC(C)(C)C)C(=O)C1CCN(C(=O)C(C)C)CC1. The normalized spacial score (nSPS) is 16.2. The Morgan fingerprint density at radius 1 is 1.17 bits per heavy atom. The van der Waals surface area contributed by atoms with E-state index in [9.17, 15) is 14.4 Å². The van der Waals surface area contributed by atoms with E-state index in [1.165, 1.54) is 0 Å². The number of amides is 3. The minimum Gasteiger partial charge on any atom is -0.350 e. The van der Waals surface area contributed by atoms with Gasteiger partial charge in [0, 0.05) is 37.0 Å². The predicted octanol–water partition coefficient (Wildman–Crippen LogP) is 1.64. The van der Waals surface area contributed by atoms with E-state index in [1.54, 1.807) is 4.90 Å². The lowest BCUT2D eigenvalue weighted by Crippen LogP contribution is -2.50. The number of nitrogens with one attached hydrogen (secondary N) is 1. The lowest BCUT2D eigenvalue weighted by molar-refractivity contribution is -0.143. The van der Waals surface area contributed by atoms with Gasteiger partial charge in [-0.15, -0.1) is 0 Å². The number of rotatable bonds is 5. The van der Waals surface area contributed by atoms with Crippen LogP contribution < -0.4 is 5.32 Å². The molecule has 6 nitrogen and oxygen atoms in total. The first kappa shape index (κ1) is 20.5. The zero-order chi connectivity index (χ0) is 18.5. The van der Waals surface area contributed by atoms with Crippen molar-refractivity contribution in [1.29, 1.82) is 0 Å². The first-order chi connectivity index (χ1) is 11.0. The molecule has 0 radical (unpaired) electrons. The number of hydrogen-bond acceptors (Lipinski definition) is 3. The molecule has 24 heavy (non-hydrogen) atoms. The summed E-state index contributed by atoms with van der Waals surface area (Å²) >= 11 is 0. The Morgan fingerprint density at radius 2 is 1.71 bits per heavy atom. The van der Waals surface area contributed by atoms with Gasteiger partial charge < -0.3 is 15.1 Å². The topological polar surface area (TPSA) is 69.7 Å². The number of piperidine rings is 1. The Kier molecular flexibility index (Phi) is 7.24. The largest absolute Gasteiger partial charge is 0.350 e. The molecule has 0 spiro atoms. The molecule has 1 fully saturated rings. The number of nitrogens with zero attached hydrogens (tertiary/aromatic N) is 2. The lowest BCUT2D eigenvalue weighted by Gasteiger charge is -2.35. The van der Waals surface area contributed by atoms with Crippen LogP contribution in [-0.2, 0) is 14.4 Å². The van der Waals surface area contributed by atoms with E-state index in [0.717, 1.165) is 0 Å². The van der Waals surface area contributed by atoms with Crippen LogP contribution in [-0.4, -0.2) is 59.2 Å². The first-order valence-corrected chi connectivity index (χ1v) is 8.93. The Hall–Kier alpha value is -1.59. The van der Waals surface area contributed by atoms with Crippen LogP contribution in [0, 0.1) is 11.8 Å². The fourth-order valence-corrected chi connectivity index (χ4v) is 2.95. The number of carbonyl (C=O) groups excluding carboxylic acids is 3. The van der Waals surface area contributed by atoms with E-state index in [2.05, 4.69) is 5.32 Å². The van der Waals surface area contributed by atoms with Gasteiger partial charge in [-0.2, -0.15) is 0 Å². The van der Waals surface area contributed by atoms with E-state index in [4.69, 9.17) is 0 Å². The second kappa shape index (κ2) is 8.49. The van der Waals surface area contributed by atoms with Gasteiger partial charge in [-0.25, -0.2) is 0 Å². The van der Waals surface area contributed by atoms with E-state index < -0.39 is 0 Å². The van der Waals surface area contributed by atoms with E-state index in [-0.39, 0.29) is 41.6 Å². The van der Waals surface area contributed by atoms with Crippen LogP contribution in [0.1, 0.15) is 54.4 Å². The van der Waals surface area contributed by atoms with Crippen LogP contribution in [0.15, 0.2) is 0 Å². The van der Waals surface area contributed by atoms with E-state index >= 15 is 0 Å². The maximum atomic E-state index is 12.7. The zero-order valence-electron chi connectivity index (χ0n) is 16.0. The van der Waals surface area contributed by atoms with E-state index in [1.807, 2.05) is 46.4 Å². The Bertz CT molecular complexity index is 461. The molecule has 1 saturated heterocycles. The highest BCUT2D eigenvalue weighted by Gasteiger charge is 2.31. The van der Waals surface area contributed by atoms with Crippen LogP contribution in [0.2, 0.25) is 0 Å². The zero-order valence-corrected chi connectivity index (χ0v) is 16.0. The molecule has 0 aliphatic carbocycles. The molecule has 6 heteroatoms. The highest BCUT2D eigenvalue weighted by molar-refractivity contribution is 5.86. The van der Waals surface area contributed by atoms with Crippen molar-refractivity contribution >= 4 is 17.7 Å². The van der Waals surface area contributed by atoms with Crippen molar-refractivity contribution in [2.24, 2.45) is 11.8 Å². The molecule has 0 atom stereocenters. The molecule has 3 amide bonds. The molecular formula is C18H33N3O3. The molecule has 0 aromatic heterocycles. The number of hydrogen-bond donors (Lipinski definition) is 1. The molecule has 0 aromatic rings. The monoisotopic (exact) mass is 339 g/mol. The quantitative estimate of drug-likeness (QED) is 0.828. The van der Waals surface area contributed by atoms with Gasteiger partial charge in [0.05, 0.1) is 6.54 Å². The van der Waals surface area contributed by atoms with Gasteiger partial charge in [0.15, 0.2) is 0 Å². The van der Waals surface area contributed by atoms with Crippen LogP contribution in [0.5, 0.6) is 0 Å². The fraction of sp³-hybridized carbons (Fsp3) is 0.833. The summed E-state index contributed by atoms with van der Waals surface area (Å²) < 4.78 is 0. The summed E-state index contributed by atoms with van der Waals surface area (Å²) in [7, 11) is 0. The van der Waals surface area contributed by atoms with Crippen LogP contribution in [0.3, 0.4) is 0 Å². The van der Waals surface area contributed by atoms with Gasteiger partial charge in [0.1, 0.15) is 0 Å². The van der Waals surface area contributed by atoms with Crippen molar-refractivity contribution in [3.05, 3.63) is 0 Å². The van der Waals surface area contributed by atoms with Crippen molar-refractivity contribution in [2.45, 2.75) is 59.9 Å². The summed E-state index contributed by atoms with van der Waals surface area (Å²) in [6.07, 6.45) is 1.35. The van der Waals surface area contributed by atoms with Crippen LogP contribution in [0.25, 0.3) is 0 Å². The number of likely N-dealkylation sites (tertiary alicyclic amines) is 1. The summed E-state index contributed by atoms with van der Waals surface area (Å²) in [6, 6.07) is 0. The minimum absolute atomic E-state index is 0.00881. The number of likely N-dealkylation sites (N-methyl/N-ethyl adjacent to an activating group) is 1. The second-order valence-corrected chi connectivity index (χ2v) is 7.90. The molecule has 0 bridgehead atoms. The lowest BCUT2D eigenvalue weighted by atomic mass is 9.94. The van der Waals surface area contributed by atoms with Crippen molar-refractivity contribution in [3.63, 3.8) is 0 Å². The van der Waals surface area contributed by atoms with Crippen molar-refractivity contribution in [3.8, 4) is 0 Å². The molecule has 1 N–H and O–H groups in total. The average Bonchev–Trinajstić information content (AvgIpc) is 2.49. The van der Waals surface area contributed by atoms with Gasteiger partial charge in [-0.1, -0.05) is 13.8 Å². The highest BCUT2D eigenvalue weighted by atomic mass is 16.2. The second-order valence-electron chi connectivity index (χ2n) is 7.90. The Labute approximate surface area is 145 Å². The van der Waals surface area contributed by atoms with Gasteiger partial charge in [0.2, 0.25) is 17.7 Å². The molecule has 138 valence electrons. The van der Waals surface area contributed by atoms with Gasteiger partial charge in [-0.05, 0) is 40.5 Å². The molecule has 0 aromatic carbocycles. The summed E-state index contributed by atoms with van der Waals surface area (Å²) in [5.41, 5.74) is -0.303. The molecule has 0 saturated carbocycles. The number of carbonyl (C=O) groups is 3. The van der Waals surface area contributed by atoms with Crippen LogP contribution >= 0.6 is 0 Å². The summed E-state index contributed by atoms with van der Waals surface area (Å²) in [5, 5.41) is 2.89. The Morgan fingerprint density at radius 3 is 2.12 bits per heavy atom. The van der Waals surface area contributed by atoms with Gasteiger partial charge in [0.25, 0.3) is 0 Å². The molecule has 1 aliphatic heterocycles. The first-order valence-electron chi connectivity index (χ1n) is 8.93. The summed E-state index contributed by atoms with van der Waals surface area (Å²) in [5.74, 6) is -0.0600. The van der Waals surface area contributed by atoms with Crippen molar-refractivity contribution in [1.82, 2.24) is 15.1 Å². The van der Waals surface area contributed by atoms with Gasteiger partial charge in [-0.3, -0.25) is 14.4 Å². The summed E-state index contributed by atoms with van der Waals surface area (Å²) in [4.78, 5) is 40.2. The Balaban J connectivity index is 2.56. The standard InChI is InChI=1S/C18H33N3O3/c1-7-20(12-15(22)19-18(4,5)6)17(24)14-8-10-21(11-9-14)16(23)13(2)3/h13-14H,7-12H2,1-6H3,(H,19,22). The van der Waals surface area contributed by atoms with E-state index in [0.29, 0.717) is 32.5 Å². The van der Waals surface area contributed by atoms with Crippen LogP contribution in [0.4, 0.5) is 0 Å². The fourth-order valence-electron chi connectivity index (χ4n) is 2.95. The molecular weight excluding hydrogens is 306 g/mol. The maximum Gasteiger partial charge on any atom is 0.240 e. The third-order valence-electron chi connectivity index (χ3n) is 4.19. The minimum atomic E-state index is -0.303. The third-order valence-corrected chi connectivity index (χ3v) is 4.19. The highest BCUT2D eigenvalue weighted by Crippen LogP contribution is 2.21. The van der Waals surface area contributed by atoms with Crippen molar-refractivity contribution in [2.75, 3.05) is 26.2 Å². The molecule has 1 rings (SSSR count). The predicted molar refractivity (Wildman–Crippen MR) is 94.3 cm³/mol. The average molecular weight is 339 g/mol. The molecule has 0 unspecified atom stereocenters. The third kappa shape index (κ3) is 6.13.